The maximum Gasteiger partial charge on any atom is 0.256 e. The molecule has 20 heavy (non-hydrogen) atoms. The summed E-state index contributed by atoms with van der Waals surface area (Å²) in [6.07, 6.45) is 0.683. The van der Waals surface area contributed by atoms with Crippen molar-refractivity contribution in [2.75, 3.05) is 19.0 Å². The molecule has 1 amide bonds. The Morgan fingerprint density at radius 1 is 1.30 bits per heavy atom. The van der Waals surface area contributed by atoms with Crippen LogP contribution in [0.1, 0.15) is 34.1 Å². The fourth-order valence-corrected chi connectivity index (χ4v) is 2.25. The van der Waals surface area contributed by atoms with Crippen LogP contribution in [-0.4, -0.2) is 25.2 Å². The molecule has 0 saturated carbocycles. The third kappa shape index (κ3) is 4.53. The quantitative estimate of drug-likeness (QED) is 0.831. The third-order valence-electron chi connectivity index (χ3n) is 3.09. The highest BCUT2D eigenvalue weighted by molar-refractivity contribution is 5.97. The molecule has 0 aliphatic heterocycles. The van der Waals surface area contributed by atoms with Crippen molar-refractivity contribution in [3.05, 3.63) is 24.3 Å². The van der Waals surface area contributed by atoms with Gasteiger partial charge in [-0.1, -0.05) is 13.8 Å². The molecule has 1 N–H and O–H groups in total. The van der Waals surface area contributed by atoms with Crippen LogP contribution in [0.4, 0.5) is 5.69 Å². The van der Waals surface area contributed by atoms with E-state index in [9.17, 15) is 4.79 Å². The van der Waals surface area contributed by atoms with Gasteiger partial charge in [-0.25, -0.2) is 0 Å². The van der Waals surface area contributed by atoms with Crippen LogP contribution in [0.3, 0.4) is 0 Å². The second kappa shape index (κ2) is 7.29. The van der Waals surface area contributed by atoms with Gasteiger partial charge in [0.2, 0.25) is 0 Å². The van der Waals surface area contributed by atoms with Crippen molar-refractivity contribution in [2.45, 2.75) is 39.7 Å². The van der Waals surface area contributed by atoms with Gasteiger partial charge in [-0.3, -0.25) is 4.79 Å². The number of rotatable bonds is 7. The molecule has 0 radical (unpaired) electrons. The zero-order valence-electron chi connectivity index (χ0n) is 13.0. The largest absolute Gasteiger partial charge is 0.497 e. The van der Waals surface area contributed by atoms with Crippen molar-refractivity contribution < 1.29 is 14.3 Å². The highest BCUT2D eigenvalue weighted by Crippen LogP contribution is 2.24. The molecule has 0 saturated heterocycles. The van der Waals surface area contributed by atoms with E-state index in [2.05, 4.69) is 19.2 Å². The topological polar surface area (TPSA) is 47.6 Å². The van der Waals surface area contributed by atoms with E-state index in [1.807, 2.05) is 38.1 Å². The van der Waals surface area contributed by atoms with Gasteiger partial charge < -0.3 is 14.8 Å². The van der Waals surface area contributed by atoms with E-state index in [-0.39, 0.29) is 5.91 Å². The summed E-state index contributed by atoms with van der Waals surface area (Å²) in [5.74, 6) is 1.03. The highest BCUT2D eigenvalue weighted by atomic mass is 16.5. The van der Waals surface area contributed by atoms with E-state index in [4.69, 9.17) is 9.47 Å². The van der Waals surface area contributed by atoms with Gasteiger partial charge in [0.25, 0.3) is 5.91 Å². The van der Waals surface area contributed by atoms with E-state index in [1.165, 1.54) is 0 Å². The maximum absolute atomic E-state index is 12.4. The van der Waals surface area contributed by atoms with Crippen molar-refractivity contribution >= 4 is 11.6 Å². The van der Waals surface area contributed by atoms with Crippen LogP contribution in [0.15, 0.2) is 24.3 Å². The highest BCUT2D eigenvalue weighted by Gasteiger charge is 2.34. The van der Waals surface area contributed by atoms with Gasteiger partial charge >= 0.3 is 0 Å². The first kappa shape index (κ1) is 16.5. The molecule has 0 bridgehead atoms. The number of carbonyl (C=O) groups is 1. The van der Waals surface area contributed by atoms with Gasteiger partial charge in [-0.05, 0) is 50.5 Å². The number of benzene rings is 1. The number of hydrogen-bond donors (Lipinski definition) is 1. The van der Waals surface area contributed by atoms with E-state index in [0.717, 1.165) is 11.4 Å². The smallest absolute Gasteiger partial charge is 0.256 e. The monoisotopic (exact) mass is 279 g/mol. The van der Waals surface area contributed by atoms with Crippen LogP contribution in [0, 0.1) is 5.92 Å². The molecule has 4 heteroatoms. The van der Waals surface area contributed by atoms with Crippen molar-refractivity contribution in [1.29, 1.82) is 0 Å². The minimum Gasteiger partial charge on any atom is -0.497 e. The number of amides is 1. The van der Waals surface area contributed by atoms with Gasteiger partial charge in [0, 0.05) is 12.3 Å². The number of carbonyl (C=O) groups excluding carboxylic acids is 1. The SMILES string of the molecule is CCO[C@@](C)(CC(C)C)C(=O)Nc1ccc(OC)cc1. The summed E-state index contributed by atoms with van der Waals surface area (Å²) in [7, 11) is 1.61. The van der Waals surface area contributed by atoms with E-state index in [0.29, 0.717) is 18.9 Å². The summed E-state index contributed by atoms with van der Waals surface area (Å²) in [4.78, 5) is 12.4. The summed E-state index contributed by atoms with van der Waals surface area (Å²) in [6, 6.07) is 7.27. The predicted octanol–water partition coefficient (Wildman–Crippen LogP) is 3.48. The van der Waals surface area contributed by atoms with Crippen LogP contribution in [-0.2, 0) is 9.53 Å². The number of methoxy groups -OCH3 is 1. The fourth-order valence-electron chi connectivity index (χ4n) is 2.25. The molecule has 1 atom stereocenters. The Morgan fingerprint density at radius 3 is 2.35 bits per heavy atom. The molecule has 0 fully saturated rings. The lowest BCUT2D eigenvalue weighted by Gasteiger charge is -2.29. The lowest BCUT2D eigenvalue weighted by molar-refractivity contribution is -0.140. The van der Waals surface area contributed by atoms with Crippen LogP contribution in [0.2, 0.25) is 0 Å². The van der Waals surface area contributed by atoms with Crippen LogP contribution in [0.25, 0.3) is 0 Å². The zero-order chi connectivity index (χ0) is 15.2. The van der Waals surface area contributed by atoms with Crippen molar-refractivity contribution in [3.8, 4) is 5.75 Å². The average molecular weight is 279 g/mol. The lowest BCUT2D eigenvalue weighted by Crippen LogP contribution is -2.43. The molecule has 1 aromatic rings. The summed E-state index contributed by atoms with van der Waals surface area (Å²) in [6.45, 7) is 8.42. The predicted molar refractivity (Wildman–Crippen MR) is 81.1 cm³/mol. The molecular formula is C16H25NO3. The van der Waals surface area contributed by atoms with E-state index < -0.39 is 5.60 Å². The number of ether oxygens (including phenoxy) is 2. The summed E-state index contributed by atoms with van der Waals surface area (Å²) in [5, 5.41) is 2.90. The zero-order valence-corrected chi connectivity index (χ0v) is 13.0. The second-order valence-electron chi connectivity index (χ2n) is 5.44. The minimum atomic E-state index is -0.803. The van der Waals surface area contributed by atoms with E-state index in [1.54, 1.807) is 7.11 Å². The van der Waals surface area contributed by atoms with Gasteiger partial charge in [0.1, 0.15) is 11.4 Å². The molecule has 0 unspecified atom stereocenters. The molecule has 4 nitrogen and oxygen atoms in total. The number of hydrogen-bond acceptors (Lipinski definition) is 3. The fraction of sp³-hybridized carbons (Fsp3) is 0.562. The van der Waals surface area contributed by atoms with Crippen molar-refractivity contribution in [1.82, 2.24) is 0 Å². The van der Waals surface area contributed by atoms with E-state index >= 15 is 0 Å². The Hall–Kier alpha value is -1.55. The molecule has 0 spiro atoms. The first-order valence-corrected chi connectivity index (χ1v) is 7.00. The molecule has 1 aromatic carbocycles. The number of nitrogens with one attached hydrogen (secondary N) is 1. The van der Waals surface area contributed by atoms with Crippen molar-refractivity contribution in [2.24, 2.45) is 5.92 Å². The summed E-state index contributed by atoms with van der Waals surface area (Å²) < 4.78 is 10.8. The Labute approximate surface area is 121 Å². The Morgan fingerprint density at radius 2 is 1.90 bits per heavy atom. The first-order valence-electron chi connectivity index (χ1n) is 7.00. The van der Waals surface area contributed by atoms with Gasteiger partial charge in [-0.15, -0.1) is 0 Å². The van der Waals surface area contributed by atoms with Crippen LogP contribution >= 0.6 is 0 Å². The molecular weight excluding hydrogens is 254 g/mol. The van der Waals surface area contributed by atoms with Gasteiger partial charge in [0.05, 0.1) is 7.11 Å². The average Bonchev–Trinajstić information content (AvgIpc) is 2.39. The molecule has 112 valence electrons. The Kier molecular flexibility index (Phi) is 6.02. The lowest BCUT2D eigenvalue weighted by atomic mass is 9.93. The molecule has 0 aromatic heterocycles. The molecule has 0 aliphatic rings. The second-order valence-corrected chi connectivity index (χ2v) is 5.44. The van der Waals surface area contributed by atoms with Gasteiger partial charge in [-0.2, -0.15) is 0 Å². The molecule has 1 rings (SSSR count). The number of anilines is 1. The normalized spacial score (nSPS) is 13.9. The minimum absolute atomic E-state index is 0.113. The first-order chi connectivity index (χ1) is 9.41. The summed E-state index contributed by atoms with van der Waals surface area (Å²) >= 11 is 0. The Bertz CT molecular complexity index is 428. The van der Waals surface area contributed by atoms with Gasteiger partial charge in [0.15, 0.2) is 0 Å². The standard InChI is InChI=1S/C16H25NO3/c1-6-20-16(4,11-12(2)3)15(18)17-13-7-9-14(19-5)10-8-13/h7-10,12H,6,11H2,1-5H3,(H,17,18)/t16-/m0/s1. The molecule has 0 aliphatic carbocycles. The maximum atomic E-state index is 12.4. The summed E-state index contributed by atoms with van der Waals surface area (Å²) in [5.41, 5.74) is -0.0615. The van der Waals surface area contributed by atoms with Crippen LogP contribution < -0.4 is 10.1 Å². The van der Waals surface area contributed by atoms with Crippen molar-refractivity contribution in [3.63, 3.8) is 0 Å². The third-order valence-corrected chi connectivity index (χ3v) is 3.09. The molecule has 0 heterocycles. The van der Waals surface area contributed by atoms with Crippen LogP contribution in [0.5, 0.6) is 5.75 Å². The Balaban J connectivity index is 2.79.